The number of carbonyl (C=O) groups excluding carboxylic acids is 2. The fourth-order valence-corrected chi connectivity index (χ4v) is 2.17. The minimum absolute atomic E-state index is 0.100. The molecule has 1 rings (SSSR count). The molecule has 4 heteroatoms. The van der Waals surface area contributed by atoms with Crippen LogP contribution < -0.4 is 0 Å². The molecule has 1 aromatic rings. The van der Waals surface area contributed by atoms with Crippen molar-refractivity contribution in [2.45, 2.75) is 58.2 Å². The molecule has 122 valence electrons. The van der Waals surface area contributed by atoms with Gasteiger partial charge in [-0.15, -0.1) is 0 Å². The van der Waals surface area contributed by atoms with Gasteiger partial charge in [0.05, 0.1) is 12.7 Å². The molecule has 0 aliphatic heterocycles. The van der Waals surface area contributed by atoms with Gasteiger partial charge in [-0.3, -0.25) is 9.59 Å². The van der Waals surface area contributed by atoms with E-state index in [1.165, 1.54) is 5.56 Å². The minimum atomic E-state index is -0.100. The van der Waals surface area contributed by atoms with E-state index in [-0.39, 0.29) is 11.9 Å². The average Bonchev–Trinajstić information content (AvgIpc) is 2.52. The number of rotatable bonds is 13. The monoisotopic (exact) mass is 306 g/mol. The summed E-state index contributed by atoms with van der Waals surface area (Å²) in [6.07, 6.45) is 4.37. The van der Waals surface area contributed by atoms with E-state index in [2.05, 4.69) is 0 Å². The van der Waals surface area contributed by atoms with Gasteiger partial charge in [0.15, 0.2) is 0 Å². The summed E-state index contributed by atoms with van der Waals surface area (Å²) in [5, 5.41) is 0. The summed E-state index contributed by atoms with van der Waals surface area (Å²) in [5.74, 6) is 0.279. The largest absolute Gasteiger partial charge is 0.465 e. The second-order valence-electron chi connectivity index (χ2n) is 5.47. The number of ether oxygens (including phenoxy) is 2. The molecule has 0 N–H and O–H groups in total. The van der Waals surface area contributed by atoms with E-state index in [9.17, 15) is 9.59 Å². The first-order chi connectivity index (χ1) is 10.7. The zero-order chi connectivity index (χ0) is 16.0. The van der Waals surface area contributed by atoms with Crippen LogP contribution >= 0.6 is 0 Å². The first kappa shape index (κ1) is 18.4. The van der Waals surface area contributed by atoms with Gasteiger partial charge in [0.1, 0.15) is 5.78 Å². The molecule has 0 aromatic heterocycles. The summed E-state index contributed by atoms with van der Waals surface area (Å²) >= 11 is 0. The van der Waals surface area contributed by atoms with Crippen LogP contribution in [-0.4, -0.2) is 25.0 Å². The van der Waals surface area contributed by atoms with E-state index in [1.54, 1.807) is 0 Å². The van der Waals surface area contributed by atoms with E-state index in [0.717, 1.165) is 25.7 Å². The van der Waals surface area contributed by atoms with Crippen molar-refractivity contribution in [2.75, 3.05) is 6.61 Å². The Labute approximate surface area is 132 Å². The predicted octanol–water partition coefficient (Wildman–Crippen LogP) is 3.67. The van der Waals surface area contributed by atoms with E-state index in [4.69, 9.17) is 9.47 Å². The second-order valence-corrected chi connectivity index (χ2v) is 5.47. The minimum Gasteiger partial charge on any atom is -0.465 e. The SMILES string of the molecule is C[C@H](CCCC(=O)CCCCOCc1ccccc1)OC=O. The quantitative estimate of drug-likeness (QED) is 0.412. The zero-order valence-electron chi connectivity index (χ0n) is 13.3. The van der Waals surface area contributed by atoms with E-state index in [0.29, 0.717) is 32.5 Å². The smallest absolute Gasteiger partial charge is 0.293 e. The Morgan fingerprint density at radius 1 is 1.14 bits per heavy atom. The van der Waals surface area contributed by atoms with Crippen molar-refractivity contribution in [3.05, 3.63) is 35.9 Å². The van der Waals surface area contributed by atoms with Crippen LogP contribution in [0.15, 0.2) is 30.3 Å². The summed E-state index contributed by atoms with van der Waals surface area (Å²) in [4.78, 5) is 21.8. The zero-order valence-corrected chi connectivity index (χ0v) is 13.3. The molecule has 4 nitrogen and oxygen atoms in total. The van der Waals surface area contributed by atoms with Gasteiger partial charge in [-0.2, -0.15) is 0 Å². The van der Waals surface area contributed by atoms with Gasteiger partial charge < -0.3 is 9.47 Å². The molecule has 0 amide bonds. The molecule has 0 saturated carbocycles. The fraction of sp³-hybridized carbons (Fsp3) is 0.556. The average molecular weight is 306 g/mol. The summed E-state index contributed by atoms with van der Waals surface area (Å²) < 4.78 is 10.4. The van der Waals surface area contributed by atoms with Crippen LogP contribution in [0.2, 0.25) is 0 Å². The first-order valence-electron chi connectivity index (χ1n) is 7.95. The molecular formula is C18H26O4. The lowest BCUT2D eigenvalue weighted by molar-refractivity contribution is -0.133. The molecular weight excluding hydrogens is 280 g/mol. The van der Waals surface area contributed by atoms with Crippen molar-refractivity contribution in [1.29, 1.82) is 0 Å². The number of Topliss-reactive ketones (excluding diaryl/α,β-unsaturated/α-hetero) is 1. The Morgan fingerprint density at radius 2 is 1.86 bits per heavy atom. The van der Waals surface area contributed by atoms with Crippen LogP contribution in [0.25, 0.3) is 0 Å². The molecule has 0 aliphatic rings. The normalized spacial score (nSPS) is 11.9. The van der Waals surface area contributed by atoms with Gasteiger partial charge in [0.2, 0.25) is 0 Å². The van der Waals surface area contributed by atoms with Gasteiger partial charge in [-0.25, -0.2) is 0 Å². The van der Waals surface area contributed by atoms with Crippen LogP contribution in [0.5, 0.6) is 0 Å². The highest BCUT2D eigenvalue weighted by Crippen LogP contribution is 2.08. The number of benzene rings is 1. The van der Waals surface area contributed by atoms with Crippen LogP contribution in [0.4, 0.5) is 0 Å². The predicted molar refractivity (Wildman–Crippen MR) is 85.4 cm³/mol. The van der Waals surface area contributed by atoms with Crippen molar-refractivity contribution in [2.24, 2.45) is 0 Å². The summed E-state index contributed by atoms with van der Waals surface area (Å²) in [5.41, 5.74) is 1.17. The molecule has 1 atom stereocenters. The van der Waals surface area contributed by atoms with Crippen molar-refractivity contribution in [3.63, 3.8) is 0 Å². The van der Waals surface area contributed by atoms with E-state index in [1.807, 2.05) is 37.3 Å². The lowest BCUT2D eigenvalue weighted by Crippen LogP contribution is -2.08. The van der Waals surface area contributed by atoms with Crippen molar-refractivity contribution >= 4 is 12.3 Å². The van der Waals surface area contributed by atoms with Gasteiger partial charge in [0.25, 0.3) is 6.47 Å². The maximum Gasteiger partial charge on any atom is 0.293 e. The van der Waals surface area contributed by atoms with Crippen molar-refractivity contribution in [3.8, 4) is 0 Å². The fourth-order valence-electron chi connectivity index (χ4n) is 2.17. The van der Waals surface area contributed by atoms with Crippen LogP contribution in [-0.2, 0) is 25.7 Å². The molecule has 1 aromatic carbocycles. The van der Waals surface area contributed by atoms with Crippen molar-refractivity contribution in [1.82, 2.24) is 0 Å². The third-order valence-electron chi connectivity index (χ3n) is 3.46. The number of carbonyl (C=O) groups is 2. The van der Waals surface area contributed by atoms with Crippen LogP contribution in [0.3, 0.4) is 0 Å². The standard InChI is InChI=1S/C18H26O4/c1-16(22-15-19)8-7-12-18(20)11-5-6-13-21-14-17-9-3-2-4-10-17/h2-4,9-10,15-16H,5-8,11-14H2,1H3/t16-/m1/s1. The highest BCUT2D eigenvalue weighted by atomic mass is 16.5. The van der Waals surface area contributed by atoms with Gasteiger partial charge in [-0.1, -0.05) is 30.3 Å². The van der Waals surface area contributed by atoms with E-state index < -0.39 is 0 Å². The Kier molecular flexibility index (Phi) is 9.96. The highest BCUT2D eigenvalue weighted by Gasteiger charge is 2.05. The Balaban J connectivity index is 1.93. The Morgan fingerprint density at radius 3 is 2.59 bits per heavy atom. The molecule has 22 heavy (non-hydrogen) atoms. The van der Waals surface area contributed by atoms with Gasteiger partial charge in [-0.05, 0) is 38.2 Å². The Hall–Kier alpha value is -1.68. The summed E-state index contributed by atoms with van der Waals surface area (Å²) in [7, 11) is 0. The molecule has 0 spiro atoms. The maximum absolute atomic E-state index is 11.7. The molecule has 0 fully saturated rings. The Bertz CT molecular complexity index is 416. The number of unbranched alkanes of at least 4 members (excludes halogenated alkanes) is 1. The van der Waals surface area contributed by atoms with Crippen LogP contribution in [0.1, 0.15) is 51.0 Å². The lowest BCUT2D eigenvalue weighted by Gasteiger charge is -2.08. The second kappa shape index (κ2) is 11.9. The molecule has 0 aliphatic carbocycles. The lowest BCUT2D eigenvalue weighted by atomic mass is 10.1. The van der Waals surface area contributed by atoms with Gasteiger partial charge >= 0.3 is 0 Å². The van der Waals surface area contributed by atoms with Crippen LogP contribution in [0, 0.1) is 0 Å². The summed E-state index contributed by atoms with van der Waals surface area (Å²) in [6, 6.07) is 10.1. The molecule has 0 heterocycles. The number of hydrogen-bond acceptors (Lipinski definition) is 4. The summed E-state index contributed by atoms with van der Waals surface area (Å²) in [6.45, 7) is 3.61. The van der Waals surface area contributed by atoms with Gasteiger partial charge in [0, 0.05) is 19.4 Å². The first-order valence-corrected chi connectivity index (χ1v) is 7.95. The topological polar surface area (TPSA) is 52.6 Å². The highest BCUT2D eigenvalue weighted by molar-refractivity contribution is 5.78. The third-order valence-corrected chi connectivity index (χ3v) is 3.46. The molecule has 0 saturated heterocycles. The third kappa shape index (κ3) is 9.29. The molecule has 0 bridgehead atoms. The molecule has 0 unspecified atom stereocenters. The van der Waals surface area contributed by atoms with E-state index >= 15 is 0 Å². The molecule has 0 radical (unpaired) electrons. The van der Waals surface area contributed by atoms with Crippen molar-refractivity contribution < 1.29 is 19.1 Å². The maximum atomic E-state index is 11.7. The number of hydrogen-bond donors (Lipinski definition) is 0. The number of ketones is 1.